The summed E-state index contributed by atoms with van der Waals surface area (Å²) in [4.78, 5) is 3.92. The van der Waals surface area contributed by atoms with Crippen LogP contribution in [0.2, 0.25) is 0 Å². The van der Waals surface area contributed by atoms with E-state index in [9.17, 15) is 13.2 Å². The highest BCUT2D eigenvalue weighted by atomic mass is 19.4. The summed E-state index contributed by atoms with van der Waals surface area (Å²) in [5.74, 6) is 0. The van der Waals surface area contributed by atoms with Crippen molar-refractivity contribution >= 4 is 5.57 Å². The molecule has 1 heterocycles. The predicted molar refractivity (Wildman–Crippen MR) is 69.3 cm³/mol. The molecule has 1 aromatic heterocycles. The number of allylic oxidation sites excluding steroid dienone is 2. The molecule has 1 aromatic rings. The molecule has 102 valence electrons. The number of rotatable bonds is 1. The molecule has 0 bridgehead atoms. The van der Waals surface area contributed by atoms with Crippen LogP contribution < -0.4 is 0 Å². The van der Waals surface area contributed by atoms with E-state index < -0.39 is 11.7 Å². The zero-order valence-electron chi connectivity index (χ0n) is 11.7. The molecular weight excluding hydrogens is 239 g/mol. The fourth-order valence-corrected chi connectivity index (χ4v) is 1.36. The Morgan fingerprint density at radius 1 is 1.11 bits per heavy atom. The molecule has 1 nitrogen and oxygen atoms in total. The third-order valence-electron chi connectivity index (χ3n) is 2.50. The Morgan fingerprint density at radius 2 is 1.61 bits per heavy atom. The van der Waals surface area contributed by atoms with Gasteiger partial charge in [-0.25, -0.2) is 0 Å². The normalized spacial score (nSPS) is 10.5. The van der Waals surface area contributed by atoms with Gasteiger partial charge in [0.15, 0.2) is 0 Å². The topological polar surface area (TPSA) is 12.9 Å². The Bertz CT molecular complexity index is 427. The lowest BCUT2D eigenvalue weighted by Crippen LogP contribution is -2.10. The maximum Gasteiger partial charge on any atom is 0.417 e. The minimum absolute atomic E-state index is 0.165. The second kappa shape index (κ2) is 6.57. The van der Waals surface area contributed by atoms with Crippen LogP contribution in [0, 0.1) is 6.92 Å². The van der Waals surface area contributed by atoms with E-state index in [-0.39, 0.29) is 5.56 Å². The second-order valence-electron chi connectivity index (χ2n) is 3.99. The van der Waals surface area contributed by atoms with Crippen molar-refractivity contribution in [3.63, 3.8) is 0 Å². The summed E-state index contributed by atoms with van der Waals surface area (Å²) in [5, 5.41) is 0. The quantitative estimate of drug-likeness (QED) is 0.671. The smallest absolute Gasteiger partial charge is 0.261 e. The second-order valence-corrected chi connectivity index (χ2v) is 3.99. The van der Waals surface area contributed by atoms with Crippen molar-refractivity contribution < 1.29 is 13.2 Å². The number of hydrogen-bond donors (Lipinski definition) is 0. The van der Waals surface area contributed by atoms with Gasteiger partial charge in [0.25, 0.3) is 0 Å². The Hall–Kier alpha value is -1.32. The highest BCUT2D eigenvalue weighted by Gasteiger charge is 2.34. The molecule has 4 heteroatoms. The third kappa shape index (κ3) is 4.17. The van der Waals surface area contributed by atoms with Gasteiger partial charge >= 0.3 is 6.18 Å². The first-order chi connectivity index (χ1) is 8.23. The van der Waals surface area contributed by atoms with E-state index >= 15 is 0 Å². The van der Waals surface area contributed by atoms with Gasteiger partial charge < -0.3 is 0 Å². The molecule has 0 atom stereocenters. The fourth-order valence-electron chi connectivity index (χ4n) is 1.36. The fraction of sp³-hybridized carbons (Fsp3) is 0.500. The van der Waals surface area contributed by atoms with E-state index in [0.29, 0.717) is 11.3 Å². The lowest BCUT2D eigenvalue weighted by Gasteiger charge is -2.14. The van der Waals surface area contributed by atoms with Gasteiger partial charge in [-0.05, 0) is 39.3 Å². The number of pyridine rings is 1. The molecule has 0 radical (unpaired) electrons. The van der Waals surface area contributed by atoms with Crippen molar-refractivity contribution in [1.29, 1.82) is 0 Å². The molecular formula is C14H20F3N. The molecule has 0 saturated carbocycles. The van der Waals surface area contributed by atoms with Gasteiger partial charge in [-0.1, -0.05) is 19.4 Å². The summed E-state index contributed by atoms with van der Waals surface area (Å²) in [6.07, 6.45) is -3.04. The van der Waals surface area contributed by atoms with Crippen LogP contribution in [-0.4, -0.2) is 4.98 Å². The number of hydrogen-bond acceptors (Lipinski definition) is 1. The van der Waals surface area contributed by atoms with E-state index in [1.54, 1.807) is 27.7 Å². The molecule has 0 N–H and O–H groups in total. The van der Waals surface area contributed by atoms with Gasteiger partial charge in [0, 0.05) is 17.5 Å². The number of alkyl halides is 3. The maximum absolute atomic E-state index is 12.8. The minimum Gasteiger partial charge on any atom is -0.261 e. The largest absolute Gasteiger partial charge is 0.417 e. The van der Waals surface area contributed by atoms with Gasteiger partial charge in [-0.15, -0.1) is 0 Å². The molecule has 0 aliphatic rings. The SMILES string of the molecule is CC.CC(C)=C(C)c1cnc(C)cc1C(F)(F)F. The van der Waals surface area contributed by atoms with E-state index in [4.69, 9.17) is 0 Å². The van der Waals surface area contributed by atoms with E-state index in [1.807, 2.05) is 13.8 Å². The van der Waals surface area contributed by atoms with Crippen LogP contribution in [0.5, 0.6) is 0 Å². The van der Waals surface area contributed by atoms with Gasteiger partial charge in [0.05, 0.1) is 5.56 Å². The monoisotopic (exact) mass is 259 g/mol. The van der Waals surface area contributed by atoms with E-state index in [0.717, 1.165) is 11.6 Å². The molecule has 0 fully saturated rings. The average Bonchev–Trinajstić information content (AvgIpc) is 2.29. The Labute approximate surface area is 107 Å². The van der Waals surface area contributed by atoms with Crippen LogP contribution in [0.1, 0.15) is 51.4 Å². The summed E-state index contributed by atoms with van der Waals surface area (Å²) in [5.41, 5.74) is 1.41. The summed E-state index contributed by atoms with van der Waals surface area (Å²) in [6, 6.07) is 1.09. The molecule has 0 saturated heterocycles. The van der Waals surface area contributed by atoms with Gasteiger partial charge in [-0.3, -0.25) is 4.98 Å². The van der Waals surface area contributed by atoms with Gasteiger partial charge in [0.2, 0.25) is 0 Å². The molecule has 0 aromatic carbocycles. The third-order valence-corrected chi connectivity index (χ3v) is 2.50. The van der Waals surface area contributed by atoms with E-state index in [2.05, 4.69) is 4.98 Å². The van der Waals surface area contributed by atoms with Crippen molar-refractivity contribution in [1.82, 2.24) is 4.98 Å². The molecule has 0 amide bonds. The lowest BCUT2D eigenvalue weighted by molar-refractivity contribution is -0.137. The number of aryl methyl sites for hydroxylation is 1. The Kier molecular flexibility index (Phi) is 6.09. The first-order valence-electron chi connectivity index (χ1n) is 5.91. The zero-order valence-corrected chi connectivity index (χ0v) is 11.7. The molecule has 0 spiro atoms. The minimum atomic E-state index is -4.33. The first kappa shape index (κ1) is 16.7. The molecule has 0 aliphatic heterocycles. The Balaban J connectivity index is 0.00000137. The number of halogens is 3. The number of aromatic nitrogens is 1. The molecule has 1 rings (SSSR count). The first-order valence-corrected chi connectivity index (χ1v) is 5.91. The summed E-state index contributed by atoms with van der Waals surface area (Å²) >= 11 is 0. The molecule has 0 aliphatic carbocycles. The molecule has 0 unspecified atom stereocenters. The highest BCUT2D eigenvalue weighted by molar-refractivity contribution is 5.68. The van der Waals surface area contributed by atoms with Crippen molar-refractivity contribution in [2.75, 3.05) is 0 Å². The number of nitrogens with zero attached hydrogens (tertiary/aromatic N) is 1. The standard InChI is InChI=1S/C12H14F3N.C2H6/c1-7(2)9(4)10-6-16-8(3)5-11(10)12(13,14)15;1-2/h5-6H,1-4H3;1-2H3. The van der Waals surface area contributed by atoms with Crippen molar-refractivity contribution in [3.05, 3.63) is 34.7 Å². The summed E-state index contributed by atoms with van der Waals surface area (Å²) < 4.78 is 38.4. The van der Waals surface area contributed by atoms with Crippen LogP contribution >= 0.6 is 0 Å². The Morgan fingerprint density at radius 3 is 2.00 bits per heavy atom. The van der Waals surface area contributed by atoms with Crippen LogP contribution in [0.4, 0.5) is 13.2 Å². The molecule has 18 heavy (non-hydrogen) atoms. The zero-order chi connectivity index (χ0) is 14.5. The van der Waals surface area contributed by atoms with Crippen molar-refractivity contribution in [2.45, 2.75) is 47.7 Å². The van der Waals surface area contributed by atoms with Crippen LogP contribution in [-0.2, 0) is 6.18 Å². The van der Waals surface area contributed by atoms with Crippen molar-refractivity contribution in [2.24, 2.45) is 0 Å². The maximum atomic E-state index is 12.8. The van der Waals surface area contributed by atoms with Gasteiger partial charge in [-0.2, -0.15) is 13.2 Å². The van der Waals surface area contributed by atoms with Gasteiger partial charge in [0.1, 0.15) is 0 Å². The van der Waals surface area contributed by atoms with Crippen LogP contribution in [0.25, 0.3) is 5.57 Å². The van der Waals surface area contributed by atoms with Crippen LogP contribution in [0.3, 0.4) is 0 Å². The highest BCUT2D eigenvalue weighted by Crippen LogP contribution is 2.35. The summed E-state index contributed by atoms with van der Waals surface area (Å²) in [6.45, 7) is 10.8. The lowest BCUT2D eigenvalue weighted by atomic mass is 9.99. The predicted octanol–water partition coefficient (Wildman–Crippen LogP) is 5.25. The van der Waals surface area contributed by atoms with E-state index in [1.165, 1.54) is 6.20 Å². The van der Waals surface area contributed by atoms with Crippen LogP contribution in [0.15, 0.2) is 17.8 Å². The average molecular weight is 259 g/mol. The van der Waals surface area contributed by atoms with Crippen molar-refractivity contribution in [3.8, 4) is 0 Å². The summed E-state index contributed by atoms with van der Waals surface area (Å²) in [7, 11) is 0.